The molecule has 1 aliphatic rings. The van der Waals surface area contributed by atoms with Crippen LogP contribution in [-0.2, 0) is 15.3 Å². The molecule has 162 valence electrons. The van der Waals surface area contributed by atoms with Crippen molar-refractivity contribution in [3.05, 3.63) is 40.9 Å². The van der Waals surface area contributed by atoms with E-state index in [0.717, 1.165) is 34.1 Å². The normalized spacial score (nSPS) is 13.3. The predicted octanol–water partition coefficient (Wildman–Crippen LogP) is 5.19. The second-order valence-corrected chi connectivity index (χ2v) is 10.3. The molecule has 0 saturated heterocycles. The lowest BCUT2D eigenvalue weighted by molar-refractivity contribution is -0.118. The van der Waals surface area contributed by atoms with Crippen molar-refractivity contribution in [2.75, 3.05) is 9.80 Å². The lowest BCUT2D eigenvalue weighted by atomic mass is 10.2. The van der Waals surface area contributed by atoms with E-state index in [1.54, 1.807) is 28.5 Å². The van der Waals surface area contributed by atoms with Crippen LogP contribution >= 0.6 is 34.4 Å². The van der Waals surface area contributed by atoms with E-state index >= 15 is 0 Å². The first kappa shape index (κ1) is 21.9. The van der Waals surface area contributed by atoms with E-state index in [0.29, 0.717) is 22.4 Å². The molecule has 1 saturated carbocycles. The van der Waals surface area contributed by atoms with Crippen LogP contribution in [0.3, 0.4) is 0 Å². The van der Waals surface area contributed by atoms with Gasteiger partial charge in [-0.05, 0) is 37.5 Å². The molecule has 0 unspecified atom stereocenters. The monoisotopic (exact) mass is 473 g/mol. The fraction of sp³-hybridized carbons (Fsp3) is 0.381. The molecule has 0 aliphatic heterocycles. The van der Waals surface area contributed by atoms with Crippen molar-refractivity contribution in [3.63, 3.8) is 0 Å². The Morgan fingerprint density at radius 2 is 2.03 bits per heavy atom. The average molecular weight is 474 g/mol. The maximum atomic E-state index is 12.3. The van der Waals surface area contributed by atoms with Crippen molar-refractivity contribution >= 4 is 62.2 Å². The Balaban J connectivity index is 1.44. The maximum Gasteiger partial charge on any atom is 0.230 e. The molecule has 0 spiro atoms. The Bertz CT molecular complexity index is 1090. The van der Waals surface area contributed by atoms with Crippen LogP contribution < -0.4 is 9.80 Å². The van der Waals surface area contributed by atoms with Crippen LogP contribution in [-0.4, -0.2) is 33.0 Å². The van der Waals surface area contributed by atoms with Crippen molar-refractivity contribution in [2.45, 2.75) is 56.2 Å². The number of aromatic nitrogens is 3. The van der Waals surface area contributed by atoms with Gasteiger partial charge < -0.3 is 0 Å². The van der Waals surface area contributed by atoms with Gasteiger partial charge in [0.1, 0.15) is 0 Å². The van der Waals surface area contributed by atoms with E-state index in [4.69, 9.17) is 0 Å². The first-order valence-corrected chi connectivity index (χ1v) is 12.7. The third-order valence-electron chi connectivity index (χ3n) is 4.73. The highest BCUT2D eigenvalue weighted by molar-refractivity contribution is 8.00. The number of rotatable bonds is 8. The number of amides is 2. The summed E-state index contributed by atoms with van der Waals surface area (Å²) in [7, 11) is 0. The van der Waals surface area contributed by atoms with Crippen LogP contribution in [0.15, 0.2) is 34.0 Å². The number of carbonyl (C=O) groups excluding carboxylic acids is 2. The van der Waals surface area contributed by atoms with Gasteiger partial charge in [-0.1, -0.05) is 42.2 Å². The van der Waals surface area contributed by atoms with Crippen molar-refractivity contribution < 1.29 is 9.59 Å². The van der Waals surface area contributed by atoms with E-state index in [2.05, 4.69) is 15.2 Å². The lowest BCUT2D eigenvalue weighted by Gasteiger charge is -2.18. The van der Waals surface area contributed by atoms with Crippen LogP contribution in [0.4, 0.5) is 16.0 Å². The molecule has 2 amide bonds. The Morgan fingerprint density at radius 3 is 2.71 bits per heavy atom. The minimum atomic E-state index is -0.0753. The van der Waals surface area contributed by atoms with Gasteiger partial charge in [-0.15, -0.1) is 21.5 Å². The fourth-order valence-electron chi connectivity index (χ4n) is 3.12. The predicted molar refractivity (Wildman–Crippen MR) is 126 cm³/mol. The Labute approximate surface area is 193 Å². The SMILES string of the molecule is CCC(=O)N(c1nnc(SCc2csc(N(C(C)=O)c3cccc(C)c3)n2)s1)C1CC1. The first-order valence-electron chi connectivity index (χ1n) is 10.1. The molecular formula is C21H23N5O2S3. The summed E-state index contributed by atoms with van der Waals surface area (Å²) in [5.41, 5.74) is 2.78. The van der Waals surface area contributed by atoms with Gasteiger partial charge in [-0.2, -0.15) is 0 Å². The zero-order chi connectivity index (χ0) is 22.0. The van der Waals surface area contributed by atoms with Crippen molar-refractivity contribution in [1.29, 1.82) is 0 Å². The molecule has 2 aromatic heterocycles. The number of anilines is 3. The van der Waals surface area contributed by atoms with Gasteiger partial charge in [-0.3, -0.25) is 19.4 Å². The second-order valence-electron chi connectivity index (χ2n) is 7.30. The maximum absolute atomic E-state index is 12.3. The number of hydrogen-bond acceptors (Lipinski definition) is 8. The zero-order valence-electron chi connectivity index (χ0n) is 17.6. The Kier molecular flexibility index (Phi) is 6.68. The minimum Gasteiger partial charge on any atom is -0.284 e. The number of carbonyl (C=O) groups is 2. The summed E-state index contributed by atoms with van der Waals surface area (Å²) in [6.07, 6.45) is 2.53. The third-order valence-corrected chi connectivity index (χ3v) is 7.70. The Hall–Kier alpha value is -2.30. The molecule has 31 heavy (non-hydrogen) atoms. The minimum absolute atomic E-state index is 0.0753. The average Bonchev–Trinajstić information content (AvgIpc) is 3.27. The van der Waals surface area contributed by atoms with E-state index in [1.165, 1.54) is 22.7 Å². The molecule has 0 atom stereocenters. The third kappa shape index (κ3) is 5.13. The summed E-state index contributed by atoms with van der Waals surface area (Å²) < 4.78 is 0.807. The molecule has 1 fully saturated rings. The summed E-state index contributed by atoms with van der Waals surface area (Å²) in [6, 6.07) is 8.10. The van der Waals surface area contributed by atoms with Crippen LogP contribution in [0.5, 0.6) is 0 Å². The number of nitrogens with zero attached hydrogens (tertiary/aromatic N) is 5. The molecule has 0 radical (unpaired) electrons. The molecule has 4 rings (SSSR count). The van der Waals surface area contributed by atoms with Crippen molar-refractivity contribution in [3.8, 4) is 0 Å². The quantitative estimate of drug-likeness (QED) is 0.331. The van der Waals surface area contributed by atoms with Gasteiger partial charge in [0, 0.05) is 30.5 Å². The molecule has 2 heterocycles. The van der Waals surface area contributed by atoms with Gasteiger partial charge >= 0.3 is 0 Å². The molecule has 10 heteroatoms. The molecule has 7 nitrogen and oxygen atoms in total. The molecule has 0 bridgehead atoms. The highest BCUT2D eigenvalue weighted by atomic mass is 32.2. The summed E-state index contributed by atoms with van der Waals surface area (Å²) in [5.74, 6) is 0.643. The van der Waals surface area contributed by atoms with Crippen LogP contribution in [0.1, 0.15) is 44.4 Å². The summed E-state index contributed by atoms with van der Waals surface area (Å²) in [5, 5.41) is 11.8. The molecule has 0 N–H and O–H groups in total. The Morgan fingerprint density at radius 1 is 1.23 bits per heavy atom. The summed E-state index contributed by atoms with van der Waals surface area (Å²) >= 11 is 4.43. The topological polar surface area (TPSA) is 79.3 Å². The number of aryl methyl sites for hydroxylation is 1. The number of thioether (sulfide) groups is 1. The van der Waals surface area contributed by atoms with Gasteiger partial charge in [0.05, 0.1) is 11.4 Å². The van der Waals surface area contributed by atoms with E-state index in [-0.39, 0.29) is 17.9 Å². The highest BCUT2D eigenvalue weighted by Gasteiger charge is 2.35. The molecule has 3 aromatic rings. The van der Waals surface area contributed by atoms with E-state index in [9.17, 15) is 9.59 Å². The van der Waals surface area contributed by atoms with Crippen LogP contribution in [0.25, 0.3) is 0 Å². The lowest BCUT2D eigenvalue weighted by Crippen LogP contribution is -2.32. The highest BCUT2D eigenvalue weighted by Crippen LogP contribution is 2.37. The van der Waals surface area contributed by atoms with E-state index < -0.39 is 0 Å². The summed E-state index contributed by atoms with van der Waals surface area (Å²) in [6.45, 7) is 5.42. The number of thiazole rings is 1. The first-order chi connectivity index (χ1) is 15.0. The van der Waals surface area contributed by atoms with Crippen LogP contribution in [0.2, 0.25) is 0 Å². The number of hydrogen-bond donors (Lipinski definition) is 0. The van der Waals surface area contributed by atoms with Crippen molar-refractivity contribution in [1.82, 2.24) is 15.2 Å². The van der Waals surface area contributed by atoms with Crippen LogP contribution in [0, 0.1) is 6.92 Å². The molecular weight excluding hydrogens is 450 g/mol. The van der Waals surface area contributed by atoms with Gasteiger partial charge in [0.15, 0.2) is 9.47 Å². The molecule has 1 aromatic carbocycles. The largest absolute Gasteiger partial charge is 0.284 e. The fourth-order valence-corrected chi connectivity index (χ4v) is 5.94. The standard InChI is InChI=1S/C21H23N5O2S3/c1-4-18(28)26(16-8-9-16)20-23-24-21(31-20)30-12-15-11-29-19(22-15)25(14(3)27)17-7-5-6-13(2)10-17/h5-7,10-11,16H,4,8-9,12H2,1-3H3. The second kappa shape index (κ2) is 9.46. The van der Waals surface area contributed by atoms with Gasteiger partial charge in [0.2, 0.25) is 16.9 Å². The van der Waals surface area contributed by atoms with Gasteiger partial charge in [-0.25, -0.2) is 4.98 Å². The van der Waals surface area contributed by atoms with Gasteiger partial charge in [0.25, 0.3) is 0 Å². The van der Waals surface area contributed by atoms with E-state index in [1.807, 2.05) is 43.5 Å². The molecule has 1 aliphatic carbocycles. The smallest absolute Gasteiger partial charge is 0.230 e. The summed E-state index contributed by atoms with van der Waals surface area (Å²) in [4.78, 5) is 32.7. The zero-order valence-corrected chi connectivity index (χ0v) is 20.0. The van der Waals surface area contributed by atoms with Crippen molar-refractivity contribution in [2.24, 2.45) is 0 Å². The number of benzene rings is 1.